The van der Waals surface area contributed by atoms with Gasteiger partial charge in [0.25, 0.3) is 0 Å². The van der Waals surface area contributed by atoms with Crippen molar-refractivity contribution in [1.29, 1.82) is 0 Å². The summed E-state index contributed by atoms with van der Waals surface area (Å²) in [5, 5.41) is 9.81. The minimum absolute atomic E-state index is 0.195. The van der Waals surface area contributed by atoms with E-state index in [1.807, 2.05) is 54.6 Å². The van der Waals surface area contributed by atoms with Crippen molar-refractivity contribution in [2.24, 2.45) is 0 Å². The van der Waals surface area contributed by atoms with Crippen LogP contribution < -0.4 is 4.74 Å². The van der Waals surface area contributed by atoms with E-state index in [0.29, 0.717) is 6.61 Å². The summed E-state index contributed by atoms with van der Waals surface area (Å²) in [6.07, 6.45) is 0.993. The lowest BCUT2D eigenvalue weighted by Crippen LogP contribution is -2.23. The van der Waals surface area contributed by atoms with Crippen LogP contribution in [0.2, 0.25) is 0 Å². The Morgan fingerprint density at radius 3 is 2.48 bits per heavy atom. The first kappa shape index (κ1) is 15.3. The van der Waals surface area contributed by atoms with Gasteiger partial charge in [-0.3, -0.25) is 0 Å². The van der Waals surface area contributed by atoms with Gasteiger partial charge in [-0.1, -0.05) is 54.6 Å². The fourth-order valence-corrected chi connectivity index (χ4v) is 1.97. The van der Waals surface area contributed by atoms with Crippen molar-refractivity contribution in [1.82, 2.24) is 0 Å². The topological polar surface area (TPSA) is 38.7 Å². The molecule has 3 heteroatoms. The van der Waals surface area contributed by atoms with E-state index in [1.54, 1.807) is 6.08 Å². The minimum atomic E-state index is -0.659. The molecule has 0 aliphatic carbocycles. The highest BCUT2D eigenvalue weighted by molar-refractivity contribution is 5.70. The van der Waals surface area contributed by atoms with Crippen LogP contribution in [0.4, 0.5) is 0 Å². The van der Waals surface area contributed by atoms with E-state index in [-0.39, 0.29) is 13.2 Å². The number of hydrogen-bond donors (Lipinski definition) is 1. The molecule has 2 rings (SSSR count). The third kappa shape index (κ3) is 4.74. The van der Waals surface area contributed by atoms with Crippen molar-refractivity contribution in [3.8, 4) is 16.9 Å². The van der Waals surface area contributed by atoms with Gasteiger partial charge < -0.3 is 14.6 Å². The summed E-state index contributed by atoms with van der Waals surface area (Å²) in [4.78, 5) is 0. The molecule has 0 heterocycles. The van der Waals surface area contributed by atoms with Crippen LogP contribution in [0, 0.1) is 0 Å². The molecule has 21 heavy (non-hydrogen) atoms. The second kappa shape index (κ2) is 8.25. The molecule has 0 amide bonds. The molecule has 110 valence electrons. The second-order valence-corrected chi connectivity index (χ2v) is 4.65. The monoisotopic (exact) mass is 284 g/mol. The van der Waals surface area contributed by atoms with Gasteiger partial charge in [0, 0.05) is 5.56 Å². The number of ether oxygens (including phenoxy) is 2. The molecule has 0 saturated carbocycles. The molecule has 2 aromatic rings. The number of benzene rings is 2. The molecule has 0 spiro atoms. The third-order valence-corrected chi connectivity index (χ3v) is 2.95. The molecule has 0 bridgehead atoms. The molecule has 0 aliphatic rings. The van der Waals surface area contributed by atoms with Crippen molar-refractivity contribution in [2.45, 2.75) is 6.10 Å². The Kier molecular flexibility index (Phi) is 6.00. The first-order chi connectivity index (χ1) is 10.3. The molecular weight excluding hydrogens is 264 g/mol. The Hall–Kier alpha value is -2.10. The first-order valence-corrected chi connectivity index (χ1v) is 6.95. The molecule has 1 unspecified atom stereocenters. The van der Waals surface area contributed by atoms with Crippen molar-refractivity contribution in [3.05, 3.63) is 67.3 Å². The Morgan fingerprint density at radius 1 is 1.00 bits per heavy atom. The van der Waals surface area contributed by atoms with Crippen LogP contribution in [0.5, 0.6) is 5.75 Å². The number of aliphatic hydroxyl groups is 1. The van der Waals surface area contributed by atoms with Crippen LogP contribution in [-0.2, 0) is 4.74 Å². The SMILES string of the molecule is C=CCOCC(O)COc1ccccc1-c1ccccc1. The first-order valence-electron chi connectivity index (χ1n) is 6.95. The van der Waals surface area contributed by atoms with E-state index in [0.717, 1.165) is 16.9 Å². The van der Waals surface area contributed by atoms with Crippen molar-refractivity contribution in [3.63, 3.8) is 0 Å². The highest BCUT2D eigenvalue weighted by Gasteiger charge is 2.09. The molecule has 0 fully saturated rings. The van der Waals surface area contributed by atoms with Gasteiger partial charge in [-0.25, -0.2) is 0 Å². The summed E-state index contributed by atoms with van der Waals surface area (Å²) in [5.74, 6) is 0.756. The molecule has 2 aromatic carbocycles. The predicted octanol–water partition coefficient (Wildman–Crippen LogP) is 3.30. The zero-order valence-corrected chi connectivity index (χ0v) is 11.9. The summed E-state index contributed by atoms with van der Waals surface area (Å²) < 4.78 is 10.9. The van der Waals surface area contributed by atoms with Crippen molar-refractivity contribution >= 4 is 0 Å². The normalized spacial score (nSPS) is 11.9. The van der Waals surface area contributed by atoms with Gasteiger partial charge in [-0.2, -0.15) is 0 Å². The third-order valence-electron chi connectivity index (χ3n) is 2.95. The molecule has 0 aromatic heterocycles. The quantitative estimate of drug-likeness (QED) is 0.597. The number of rotatable bonds is 8. The maximum Gasteiger partial charge on any atom is 0.127 e. The second-order valence-electron chi connectivity index (χ2n) is 4.65. The Bertz CT molecular complexity index is 551. The highest BCUT2D eigenvalue weighted by atomic mass is 16.5. The molecule has 0 aliphatic heterocycles. The average Bonchev–Trinajstić information content (AvgIpc) is 2.54. The maximum absolute atomic E-state index is 9.81. The zero-order valence-electron chi connectivity index (χ0n) is 11.9. The fraction of sp³-hybridized carbons (Fsp3) is 0.222. The molecule has 3 nitrogen and oxygen atoms in total. The fourth-order valence-electron chi connectivity index (χ4n) is 1.97. The average molecular weight is 284 g/mol. The van der Waals surface area contributed by atoms with E-state index < -0.39 is 6.10 Å². The number of para-hydroxylation sites is 1. The van der Waals surface area contributed by atoms with E-state index in [2.05, 4.69) is 6.58 Å². The molecular formula is C18H20O3. The zero-order chi connectivity index (χ0) is 14.9. The van der Waals surface area contributed by atoms with Crippen LogP contribution >= 0.6 is 0 Å². The van der Waals surface area contributed by atoms with E-state index in [4.69, 9.17) is 9.47 Å². The molecule has 1 atom stereocenters. The smallest absolute Gasteiger partial charge is 0.127 e. The van der Waals surface area contributed by atoms with Crippen molar-refractivity contribution in [2.75, 3.05) is 19.8 Å². The summed E-state index contributed by atoms with van der Waals surface area (Å²) >= 11 is 0. The summed E-state index contributed by atoms with van der Waals surface area (Å²) in [6.45, 7) is 4.42. The van der Waals surface area contributed by atoms with Crippen LogP contribution in [0.1, 0.15) is 0 Å². The maximum atomic E-state index is 9.81. The van der Waals surface area contributed by atoms with E-state index >= 15 is 0 Å². The van der Waals surface area contributed by atoms with Crippen molar-refractivity contribution < 1.29 is 14.6 Å². The standard InChI is InChI=1S/C18H20O3/c1-2-12-20-13-16(19)14-21-18-11-7-6-10-17(18)15-8-4-3-5-9-15/h2-11,16,19H,1,12-14H2. The van der Waals surface area contributed by atoms with Gasteiger partial charge >= 0.3 is 0 Å². The Labute approximate surface area is 125 Å². The van der Waals surface area contributed by atoms with Gasteiger partial charge in [0.1, 0.15) is 18.5 Å². The molecule has 0 saturated heterocycles. The Balaban J connectivity index is 1.99. The van der Waals surface area contributed by atoms with Gasteiger partial charge in [0.2, 0.25) is 0 Å². The largest absolute Gasteiger partial charge is 0.490 e. The summed E-state index contributed by atoms with van der Waals surface area (Å²) in [5.41, 5.74) is 2.10. The highest BCUT2D eigenvalue weighted by Crippen LogP contribution is 2.29. The lowest BCUT2D eigenvalue weighted by Gasteiger charge is -2.15. The number of aliphatic hydroxyl groups excluding tert-OH is 1. The molecule has 0 radical (unpaired) electrons. The number of hydrogen-bond acceptors (Lipinski definition) is 3. The lowest BCUT2D eigenvalue weighted by molar-refractivity contribution is 0.0215. The van der Waals surface area contributed by atoms with Crippen LogP contribution in [0.15, 0.2) is 67.3 Å². The summed E-state index contributed by atoms with van der Waals surface area (Å²) in [6, 6.07) is 17.8. The predicted molar refractivity (Wildman–Crippen MR) is 84.4 cm³/mol. The van der Waals surface area contributed by atoms with Crippen LogP contribution in [0.3, 0.4) is 0 Å². The lowest BCUT2D eigenvalue weighted by atomic mass is 10.1. The van der Waals surface area contributed by atoms with Gasteiger partial charge in [0.15, 0.2) is 0 Å². The van der Waals surface area contributed by atoms with E-state index in [9.17, 15) is 5.11 Å². The van der Waals surface area contributed by atoms with E-state index in [1.165, 1.54) is 0 Å². The van der Waals surface area contributed by atoms with Gasteiger partial charge in [0.05, 0.1) is 13.2 Å². The Morgan fingerprint density at radius 2 is 1.71 bits per heavy atom. The van der Waals surface area contributed by atoms with Gasteiger partial charge in [-0.15, -0.1) is 6.58 Å². The molecule has 1 N–H and O–H groups in total. The van der Waals surface area contributed by atoms with Crippen LogP contribution in [-0.4, -0.2) is 31.0 Å². The minimum Gasteiger partial charge on any atom is -0.490 e. The van der Waals surface area contributed by atoms with Gasteiger partial charge in [-0.05, 0) is 11.6 Å². The van der Waals surface area contributed by atoms with Crippen LogP contribution in [0.25, 0.3) is 11.1 Å². The summed E-state index contributed by atoms with van der Waals surface area (Å²) in [7, 11) is 0.